The van der Waals surface area contributed by atoms with E-state index in [-0.39, 0.29) is 41.9 Å². The zero-order chi connectivity index (χ0) is 24.4. The van der Waals surface area contributed by atoms with E-state index in [2.05, 4.69) is 15.6 Å². The number of nitrogens with zero attached hydrogens (tertiary/aromatic N) is 2. The van der Waals surface area contributed by atoms with Crippen LogP contribution in [-0.2, 0) is 15.3 Å². The first-order valence-corrected chi connectivity index (χ1v) is 11.8. The number of rotatable bonds is 13. The maximum Gasteiger partial charge on any atom is 0.294 e. The van der Waals surface area contributed by atoms with Crippen LogP contribution in [0.2, 0.25) is 0 Å². The quantitative estimate of drug-likeness (QED) is 0.332. The first kappa shape index (κ1) is 26.0. The lowest BCUT2D eigenvalue weighted by molar-refractivity contribution is -0.127. The summed E-state index contributed by atoms with van der Waals surface area (Å²) >= 11 is 1.49. The summed E-state index contributed by atoms with van der Waals surface area (Å²) in [6.07, 6.45) is 1.85. The number of ketones is 1. The summed E-state index contributed by atoms with van der Waals surface area (Å²) in [5.74, 6) is 0.503. The molecule has 1 aromatic carbocycles. The van der Waals surface area contributed by atoms with Crippen molar-refractivity contribution < 1.29 is 9.59 Å². The van der Waals surface area contributed by atoms with Crippen LogP contribution in [0, 0.1) is 17.7 Å². The number of anilines is 1. The van der Waals surface area contributed by atoms with Gasteiger partial charge in [0.1, 0.15) is 6.04 Å². The number of amides is 1. The first-order chi connectivity index (χ1) is 15.7. The molecule has 10 heteroatoms. The molecule has 33 heavy (non-hydrogen) atoms. The van der Waals surface area contributed by atoms with Gasteiger partial charge in [0.05, 0.1) is 36.0 Å². The van der Waals surface area contributed by atoms with Gasteiger partial charge in [0.25, 0.3) is 5.56 Å². The Balaban J connectivity index is 1.98. The summed E-state index contributed by atoms with van der Waals surface area (Å²) in [5, 5.41) is 20.6. The number of carbonyl (C=O) groups excluding carboxylic acids is 2. The van der Waals surface area contributed by atoms with Gasteiger partial charge in [-0.3, -0.25) is 19.0 Å². The summed E-state index contributed by atoms with van der Waals surface area (Å²) in [7, 11) is 0. The highest BCUT2D eigenvalue weighted by molar-refractivity contribution is 7.99. The number of aromatic nitrogens is 2. The van der Waals surface area contributed by atoms with Gasteiger partial charge < -0.3 is 21.5 Å². The van der Waals surface area contributed by atoms with Gasteiger partial charge >= 0.3 is 0 Å². The lowest BCUT2D eigenvalue weighted by atomic mass is 10.2. The fourth-order valence-electron chi connectivity index (χ4n) is 3.01. The summed E-state index contributed by atoms with van der Waals surface area (Å²) in [6, 6.07) is 9.04. The Morgan fingerprint density at radius 3 is 2.52 bits per heavy atom. The molecule has 0 saturated carbocycles. The molecule has 0 radical (unpaired) electrons. The molecule has 9 nitrogen and oxygen atoms in total. The molecule has 1 amide bonds. The molecule has 176 valence electrons. The van der Waals surface area contributed by atoms with Gasteiger partial charge in [-0.15, -0.1) is 11.8 Å². The zero-order valence-electron chi connectivity index (χ0n) is 19.1. The number of hydrogen-bond donors (Lipinski definition) is 4. The Morgan fingerprint density at radius 1 is 1.18 bits per heavy atom. The van der Waals surface area contributed by atoms with Crippen LogP contribution in [-0.4, -0.2) is 51.5 Å². The molecule has 1 aromatic heterocycles. The third-order valence-corrected chi connectivity index (χ3v) is 5.86. The Hall–Kier alpha value is -3.27. The Kier molecular flexibility index (Phi) is 9.99. The molecular formula is C23H30N6O3S. The van der Waals surface area contributed by atoms with Crippen LogP contribution in [0.5, 0.6) is 0 Å². The summed E-state index contributed by atoms with van der Waals surface area (Å²) in [4.78, 5) is 42.0. The standard InChI is InChI=1S/C23H30N6O3S/c1-4-20(22(31)27-10-18(30)14-33-13-17-8-6-5-7-9-17)29-12-15(2)28-21(23(29)32)26-11-19(25)16(3)24/h5-9,12,20,24-25H,4,10-11,13-14H2,1-3H3,(H,26,28)(H,27,31). The fourth-order valence-corrected chi connectivity index (χ4v) is 3.87. The van der Waals surface area contributed by atoms with Crippen molar-refractivity contribution >= 4 is 40.7 Å². The molecule has 1 atom stereocenters. The second-order valence-corrected chi connectivity index (χ2v) is 8.54. The fraction of sp³-hybridized carbons (Fsp3) is 0.391. The maximum atomic E-state index is 12.9. The van der Waals surface area contributed by atoms with E-state index < -0.39 is 17.5 Å². The summed E-state index contributed by atoms with van der Waals surface area (Å²) in [6.45, 7) is 4.86. The number of thioether (sulfide) groups is 1. The number of hydrogen-bond acceptors (Lipinski definition) is 8. The highest BCUT2D eigenvalue weighted by atomic mass is 32.2. The smallest absolute Gasteiger partial charge is 0.294 e. The predicted octanol–water partition coefficient (Wildman–Crippen LogP) is 2.59. The first-order valence-electron chi connectivity index (χ1n) is 10.6. The third kappa shape index (κ3) is 7.98. The second kappa shape index (κ2) is 12.7. The lowest BCUT2D eigenvalue weighted by Gasteiger charge is -2.19. The number of nitrogens with one attached hydrogen (secondary N) is 4. The molecule has 1 unspecified atom stereocenters. The van der Waals surface area contributed by atoms with E-state index in [0.29, 0.717) is 17.9 Å². The lowest BCUT2D eigenvalue weighted by Crippen LogP contribution is -2.40. The van der Waals surface area contributed by atoms with Gasteiger partial charge in [0, 0.05) is 11.9 Å². The van der Waals surface area contributed by atoms with Crippen molar-refractivity contribution in [3.05, 3.63) is 58.1 Å². The highest BCUT2D eigenvalue weighted by Crippen LogP contribution is 2.13. The monoisotopic (exact) mass is 470 g/mol. The van der Waals surface area contributed by atoms with Crippen LogP contribution in [0.1, 0.15) is 37.6 Å². The van der Waals surface area contributed by atoms with Gasteiger partial charge in [0.15, 0.2) is 11.6 Å². The van der Waals surface area contributed by atoms with Gasteiger partial charge in [-0.25, -0.2) is 4.98 Å². The van der Waals surface area contributed by atoms with Crippen LogP contribution >= 0.6 is 11.8 Å². The van der Waals surface area contributed by atoms with E-state index in [9.17, 15) is 14.4 Å². The average molecular weight is 471 g/mol. The molecule has 0 aliphatic carbocycles. The molecule has 2 aromatic rings. The van der Waals surface area contributed by atoms with Gasteiger partial charge in [-0.2, -0.15) is 0 Å². The molecular weight excluding hydrogens is 440 g/mol. The molecule has 0 spiro atoms. The molecule has 4 N–H and O–H groups in total. The number of Topliss-reactive ketones (excluding diaryl/α,β-unsaturated/α-hetero) is 1. The Labute approximate surface area is 197 Å². The van der Waals surface area contributed by atoms with Crippen molar-refractivity contribution in [2.24, 2.45) is 0 Å². The normalized spacial score (nSPS) is 11.5. The van der Waals surface area contributed by atoms with Crippen molar-refractivity contribution in [1.82, 2.24) is 14.9 Å². The van der Waals surface area contributed by atoms with Crippen LogP contribution in [0.25, 0.3) is 0 Å². The van der Waals surface area contributed by atoms with Gasteiger partial charge in [-0.1, -0.05) is 37.3 Å². The van der Waals surface area contributed by atoms with Crippen molar-refractivity contribution in [2.75, 3.05) is 24.2 Å². The Morgan fingerprint density at radius 2 is 1.88 bits per heavy atom. The van der Waals surface area contributed by atoms with E-state index >= 15 is 0 Å². The average Bonchev–Trinajstić information content (AvgIpc) is 2.79. The van der Waals surface area contributed by atoms with E-state index in [1.54, 1.807) is 13.8 Å². The summed E-state index contributed by atoms with van der Waals surface area (Å²) in [5.41, 5.74) is 1.29. The minimum absolute atomic E-state index is 0.0145. The topological polar surface area (TPSA) is 141 Å². The van der Waals surface area contributed by atoms with Crippen LogP contribution < -0.4 is 16.2 Å². The molecule has 0 aliphatic heterocycles. The van der Waals surface area contributed by atoms with Crippen molar-refractivity contribution in [1.29, 1.82) is 10.8 Å². The molecule has 0 saturated heterocycles. The number of carbonyl (C=O) groups is 2. The van der Waals surface area contributed by atoms with Crippen molar-refractivity contribution in [3.63, 3.8) is 0 Å². The minimum Gasteiger partial charge on any atom is -0.360 e. The number of benzene rings is 1. The molecule has 0 bridgehead atoms. The SMILES string of the molecule is CCC(C(=O)NCC(=O)CSCc1ccccc1)n1cc(C)nc(NCC(=N)C(C)=N)c1=O. The molecule has 0 aliphatic rings. The zero-order valence-corrected chi connectivity index (χ0v) is 19.9. The van der Waals surface area contributed by atoms with Crippen LogP contribution in [0.3, 0.4) is 0 Å². The molecule has 2 rings (SSSR count). The van der Waals surface area contributed by atoms with E-state index in [1.807, 2.05) is 30.3 Å². The van der Waals surface area contributed by atoms with Crippen molar-refractivity contribution in [3.8, 4) is 0 Å². The van der Waals surface area contributed by atoms with E-state index in [4.69, 9.17) is 10.8 Å². The van der Waals surface area contributed by atoms with Crippen molar-refractivity contribution in [2.45, 2.75) is 39.0 Å². The number of aryl methyl sites for hydroxylation is 1. The Bertz CT molecular complexity index is 1070. The van der Waals surface area contributed by atoms with E-state index in [0.717, 1.165) is 5.56 Å². The summed E-state index contributed by atoms with van der Waals surface area (Å²) < 4.78 is 1.30. The molecule has 0 fully saturated rings. The van der Waals surface area contributed by atoms with Gasteiger partial charge in [0.2, 0.25) is 5.91 Å². The van der Waals surface area contributed by atoms with E-state index in [1.165, 1.54) is 29.4 Å². The third-order valence-electron chi connectivity index (χ3n) is 4.80. The molecule has 1 heterocycles. The minimum atomic E-state index is -0.798. The predicted molar refractivity (Wildman–Crippen MR) is 133 cm³/mol. The van der Waals surface area contributed by atoms with Crippen LogP contribution in [0.4, 0.5) is 5.82 Å². The maximum absolute atomic E-state index is 12.9. The second-order valence-electron chi connectivity index (χ2n) is 7.56. The largest absolute Gasteiger partial charge is 0.360 e. The highest BCUT2D eigenvalue weighted by Gasteiger charge is 2.22. The van der Waals surface area contributed by atoms with Gasteiger partial charge in [-0.05, 0) is 25.8 Å². The van der Waals surface area contributed by atoms with Crippen LogP contribution in [0.15, 0.2) is 41.3 Å².